The number of hydrogen-bond donors (Lipinski definition) is 0. The van der Waals surface area contributed by atoms with E-state index in [1.54, 1.807) is 38.6 Å². The molecule has 2 aliphatic rings. The molecule has 3 rings (SSSR count). The van der Waals surface area contributed by atoms with Crippen LogP contribution in [0, 0.1) is 0 Å². The van der Waals surface area contributed by atoms with Gasteiger partial charge in [0.15, 0.2) is 6.61 Å². The topological polar surface area (TPSA) is 95.7 Å². The Bertz CT molecular complexity index is 853. The first kappa shape index (κ1) is 19.6. The summed E-state index contributed by atoms with van der Waals surface area (Å²) in [5.74, 6) is -0.239. The molecule has 10 heteroatoms. The fourth-order valence-corrected chi connectivity index (χ4v) is 3.88. The third-order valence-corrected chi connectivity index (χ3v) is 5.46. The van der Waals surface area contributed by atoms with Gasteiger partial charge in [0.25, 0.3) is 0 Å². The van der Waals surface area contributed by atoms with Crippen LogP contribution in [0.5, 0.6) is 0 Å². The molecule has 0 aliphatic carbocycles. The first-order valence-corrected chi connectivity index (χ1v) is 9.83. The third-order valence-electron chi connectivity index (χ3n) is 3.89. The Morgan fingerprint density at radius 2 is 2.04 bits per heavy atom. The minimum Gasteiger partial charge on any atom is -0.610 e. The van der Waals surface area contributed by atoms with Crippen LogP contribution < -0.4 is 0 Å². The van der Waals surface area contributed by atoms with Crippen LogP contribution in [0.4, 0.5) is 0 Å². The highest BCUT2D eigenvalue weighted by Crippen LogP contribution is 2.28. The molecular formula is C17H18ClN4O4S+. The number of halogens is 1. The maximum absolute atomic E-state index is 12.9. The molecule has 1 aromatic rings. The van der Waals surface area contributed by atoms with Crippen molar-refractivity contribution in [1.82, 2.24) is 0 Å². The summed E-state index contributed by atoms with van der Waals surface area (Å²) >= 11 is 4.44. The van der Waals surface area contributed by atoms with Crippen molar-refractivity contribution in [3.05, 3.63) is 46.7 Å². The Morgan fingerprint density at radius 3 is 2.74 bits per heavy atom. The highest BCUT2D eigenvalue weighted by Gasteiger charge is 2.49. The molecule has 2 heterocycles. The highest BCUT2D eigenvalue weighted by atomic mass is 35.5. The molecule has 0 radical (unpaired) electrons. The average Bonchev–Trinajstić information content (AvgIpc) is 3.04. The van der Waals surface area contributed by atoms with Gasteiger partial charge in [-0.3, -0.25) is 0 Å². The van der Waals surface area contributed by atoms with Gasteiger partial charge in [-0.15, -0.1) is 0 Å². The molecule has 1 aromatic carbocycles. The summed E-state index contributed by atoms with van der Waals surface area (Å²) in [5.41, 5.74) is 1.44. The van der Waals surface area contributed by atoms with Gasteiger partial charge in [-0.2, -0.15) is 4.48 Å². The van der Waals surface area contributed by atoms with Gasteiger partial charge in [0.05, 0.1) is 13.7 Å². The molecule has 0 aromatic heterocycles. The fourth-order valence-electron chi connectivity index (χ4n) is 2.51. The highest BCUT2D eigenvalue weighted by molar-refractivity contribution is 8.06. The van der Waals surface area contributed by atoms with E-state index in [1.807, 2.05) is 12.1 Å². The molecule has 0 N–H and O–H groups in total. The van der Waals surface area contributed by atoms with Crippen molar-refractivity contribution in [1.29, 1.82) is 0 Å². The summed E-state index contributed by atoms with van der Waals surface area (Å²) in [6.07, 6.45) is 3.15. The Balaban J connectivity index is 1.78. The number of hydrogen-bond acceptors (Lipinski definition) is 7. The molecule has 2 aliphatic heterocycles. The molecule has 0 fully saturated rings. The summed E-state index contributed by atoms with van der Waals surface area (Å²) < 4.78 is 23.1. The number of carbonyl (C=O) groups excluding carboxylic acids is 1. The van der Waals surface area contributed by atoms with E-state index in [0.717, 1.165) is 5.56 Å². The maximum atomic E-state index is 12.9. The molecule has 142 valence electrons. The minimum atomic E-state index is -1.44. The van der Waals surface area contributed by atoms with E-state index in [-0.39, 0.29) is 29.5 Å². The van der Waals surface area contributed by atoms with Crippen LogP contribution in [0.15, 0.2) is 51.4 Å². The number of esters is 1. The monoisotopic (exact) mass is 409 g/mol. The van der Waals surface area contributed by atoms with Gasteiger partial charge in [0.1, 0.15) is 12.0 Å². The summed E-state index contributed by atoms with van der Waals surface area (Å²) in [5, 5.41) is 9.04. The third kappa shape index (κ3) is 4.22. The number of amidine groups is 1. The van der Waals surface area contributed by atoms with E-state index in [0.29, 0.717) is 15.8 Å². The Kier molecular flexibility index (Phi) is 5.95. The number of fused-ring (bicyclic) bond motifs is 1. The van der Waals surface area contributed by atoms with Gasteiger partial charge in [-0.25, -0.2) is 9.79 Å². The van der Waals surface area contributed by atoms with E-state index < -0.39 is 17.1 Å². The van der Waals surface area contributed by atoms with Crippen LogP contribution in [0.3, 0.4) is 0 Å². The smallest absolute Gasteiger partial charge is 0.430 e. The number of quaternary nitrogens is 1. The lowest BCUT2D eigenvalue weighted by Gasteiger charge is -2.28. The SMILES string of the molecule is CCOC(=O)COC1=NN=C([S+]([O-])Cc2ccc(Cl)cc2)C2=CN=C[N+]21C. The van der Waals surface area contributed by atoms with Crippen LogP contribution >= 0.6 is 11.6 Å². The van der Waals surface area contributed by atoms with Gasteiger partial charge < -0.3 is 14.0 Å². The van der Waals surface area contributed by atoms with Gasteiger partial charge in [-0.1, -0.05) is 33.9 Å². The van der Waals surface area contributed by atoms with Gasteiger partial charge >= 0.3 is 17.0 Å². The zero-order valence-electron chi connectivity index (χ0n) is 14.8. The number of aliphatic imine (C=N–C) groups is 1. The molecule has 0 saturated carbocycles. The van der Waals surface area contributed by atoms with E-state index in [1.165, 1.54) is 0 Å². The van der Waals surface area contributed by atoms with Crippen molar-refractivity contribution in [3.8, 4) is 0 Å². The maximum Gasteiger partial charge on any atom is 0.430 e. The second-order valence-electron chi connectivity index (χ2n) is 5.85. The first-order chi connectivity index (χ1) is 12.9. The van der Waals surface area contributed by atoms with Gasteiger partial charge in [-0.05, 0) is 19.1 Å². The molecule has 2 atom stereocenters. The van der Waals surface area contributed by atoms with E-state index in [2.05, 4.69) is 15.2 Å². The zero-order valence-corrected chi connectivity index (χ0v) is 16.4. The number of rotatable bonds is 5. The molecule has 0 bridgehead atoms. The second-order valence-corrected chi connectivity index (χ2v) is 7.65. The van der Waals surface area contributed by atoms with Crippen molar-refractivity contribution < 1.29 is 23.3 Å². The summed E-state index contributed by atoms with van der Waals surface area (Å²) in [6.45, 7) is 1.68. The van der Waals surface area contributed by atoms with Crippen molar-refractivity contribution in [2.75, 3.05) is 20.3 Å². The second kappa shape index (κ2) is 8.22. The van der Waals surface area contributed by atoms with Crippen molar-refractivity contribution >= 4 is 46.2 Å². The summed E-state index contributed by atoms with van der Waals surface area (Å²) in [6, 6.07) is 7.27. The molecule has 2 unspecified atom stereocenters. The van der Waals surface area contributed by atoms with E-state index >= 15 is 0 Å². The largest absolute Gasteiger partial charge is 0.610 e. The average molecular weight is 410 g/mol. The number of benzene rings is 1. The zero-order chi connectivity index (χ0) is 19.4. The quantitative estimate of drug-likeness (QED) is 0.423. The fraction of sp³-hybridized carbons (Fsp3) is 0.294. The Labute approximate surface area is 164 Å². The van der Waals surface area contributed by atoms with E-state index in [9.17, 15) is 9.35 Å². The predicted molar refractivity (Wildman–Crippen MR) is 104 cm³/mol. The summed E-state index contributed by atoms with van der Waals surface area (Å²) in [4.78, 5) is 15.7. The Morgan fingerprint density at radius 1 is 1.30 bits per heavy atom. The van der Waals surface area contributed by atoms with Crippen LogP contribution in [-0.4, -0.2) is 52.7 Å². The molecule has 27 heavy (non-hydrogen) atoms. The van der Waals surface area contributed by atoms with Crippen LogP contribution in [-0.2, 0) is 31.2 Å². The lowest BCUT2D eigenvalue weighted by molar-refractivity contribution is -0.675. The summed E-state index contributed by atoms with van der Waals surface area (Å²) in [7, 11) is 1.76. The number of ether oxygens (including phenoxy) is 2. The van der Waals surface area contributed by atoms with Crippen molar-refractivity contribution in [3.63, 3.8) is 0 Å². The van der Waals surface area contributed by atoms with Crippen molar-refractivity contribution in [2.45, 2.75) is 12.7 Å². The van der Waals surface area contributed by atoms with Gasteiger partial charge in [0.2, 0.25) is 12.0 Å². The predicted octanol–water partition coefficient (Wildman–Crippen LogP) is 2.18. The lowest BCUT2D eigenvalue weighted by atomic mass is 10.2. The van der Waals surface area contributed by atoms with Crippen LogP contribution in [0.1, 0.15) is 12.5 Å². The van der Waals surface area contributed by atoms with Crippen LogP contribution in [0.2, 0.25) is 5.02 Å². The molecule has 8 nitrogen and oxygen atoms in total. The Hall–Kier alpha value is -2.20. The van der Waals surface area contributed by atoms with E-state index in [4.69, 9.17) is 21.1 Å². The number of nitrogens with zero attached hydrogens (tertiary/aromatic N) is 4. The van der Waals surface area contributed by atoms with Crippen molar-refractivity contribution in [2.24, 2.45) is 15.2 Å². The lowest BCUT2D eigenvalue weighted by Crippen LogP contribution is -2.52. The normalized spacial score (nSPS) is 21.7. The van der Waals surface area contributed by atoms with Gasteiger partial charge in [0, 0.05) is 21.8 Å². The molecular weight excluding hydrogens is 392 g/mol. The number of carbonyl (C=O) groups is 1. The standard InChI is InChI=1S/C17H18ClN4O4S/c1-3-25-15(23)9-26-17-21-20-16(14-8-19-11-22(14,17)2)27(24)10-12-4-6-13(18)7-5-12/h4-8,11H,3,9-10H2,1-2H3/q+1. The molecule has 0 saturated heterocycles. The molecule has 0 amide bonds. The first-order valence-electron chi connectivity index (χ1n) is 8.13. The minimum absolute atomic E-state index is 0.0510. The molecule has 0 spiro atoms. The van der Waals surface area contributed by atoms with Crippen LogP contribution in [0.25, 0.3) is 0 Å².